The molecule has 2 nitrogen and oxygen atoms in total. The van der Waals surface area contributed by atoms with Crippen LogP contribution in [0.2, 0.25) is 0 Å². The van der Waals surface area contributed by atoms with Gasteiger partial charge in [0.05, 0.1) is 0 Å². The molecule has 94 valence electrons. The van der Waals surface area contributed by atoms with Gasteiger partial charge in [-0.15, -0.1) is 6.42 Å². The van der Waals surface area contributed by atoms with Gasteiger partial charge in [0.2, 0.25) is 0 Å². The highest BCUT2D eigenvalue weighted by Crippen LogP contribution is 2.28. The SMILES string of the molecule is C#CC(C)(OC(=O)C(=C)C)c1cc(F)ccc1F. The van der Waals surface area contributed by atoms with Crippen LogP contribution >= 0.6 is 0 Å². The number of halogens is 2. The molecule has 0 spiro atoms. The number of esters is 1. The van der Waals surface area contributed by atoms with E-state index in [9.17, 15) is 13.6 Å². The number of ether oxygens (including phenoxy) is 1. The minimum atomic E-state index is -1.68. The topological polar surface area (TPSA) is 26.3 Å². The van der Waals surface area contributed by atoms with Gasteiger partial charge in [0, 0.05) is 11.1 Å². The maximum absolute atomic E-state index is 13.6. The van der Waals surface area contributed by atoms with Crippen LogP contribution < -0.4 is 0 Å². The molecule has 0 aliphatic rings. The Balaban J connectivity index is 3.23. The van der Waals surface area contributed by atoms with Crippen LogP contribution in [0.5, 0.6) is 0 Å². The third kappa shape index (κ3) is 2.75. The lowest BCUT2D eigenvalue weighted by Gasteiger charge is -2.25. The molecule has 0 saturated heterocycles. The number of rotatable bonds is 3. The van der Waals surface area contributed by atoms with Crippen LogP contribution in [0.4, 0.5) is 8.78 Å². The average Bonchev–Trinajstić information content (AvgIpc) is 2.31. The van der Waals surface area contributed by atoms with Crippen LogP contribution in [0, 0.1) is 24.0 Å². The minimum absolute atomic E-state index is 0.119. The highest BCUT2D eigenvalue weighted by atomic mass is 19.1. The average molecular weight is 250 g/mol. The normalized spacial score (nSPS) is 13.3. The van der Waals surface area contributed by atoms with Crippen molar-refractivity contribution in [2.75, 3.05) is 0 Å². The quantitative estimate of drug-likeness (QED) is 0.468. The van der Waals surface area contributed by atoms with Crippen molar-refractivity contribution in [3.8, 4) is 12.3 Å². The van der Waals surface area contributed by atoms with E-state index in [0.29, 0.717) is 0 Å². The second-order valence-electron chi connectivity index (χ2n) is 3.97. The Labute approximate surface area is 104 Å². The summed E-state index contributed by atoms with van der Waals surface area (Å²) < 4.78 is 31.7. The van der Waals surface area contributed by atoms with Gasteiger partial charge >= 0.3 is 5.97 Å². The summed E-state index contributed by atoms with van der Waals surface area (Å²) in [6.45, 7) is 6.14. The Morgan fingerprint density at radius 3 is 2.61 bits per heavy atom. The molecular formula is C14H12F2O2. The van der Waals surface area contributed by atoms with Gasteiger partial charge in [-0.05, 0) is 32.0 Å². The highest BCUT2D eigenvalue weighted by Gasteiger charge is 2.32. The number of hydrogen-bond acceptors (Lipinski definition) is 2. The summed E-state index contributed by atoms with van der Waals surface area (Å²) >= 11 is 0. The Morgan fingerprint density at radius 1 is 1.50 bits per heavy atom. The molecular weight excluding hydrogens is 238 g/mol. The molecule has 18 heavy (non-hydrogen) atoms. The van der Waals surface area contributed by atoms with Crippen LogP contribution in [0.25, 0.3) is 0 Å². The molecule has 0 aromatic heterocycles. The van der Waals surface area contributed by atoms with Crippen LogP contribution in [0.1, 0.15) is 19.4 Å². The summed E-state index contributed by atoms with van der Waals surface area (Å²) in [5.41, 5.74) is -1.77. The molecule has 1 unspecified atom stereocenters. The highest BCUT2D eigenvalue weighted by molar-refractivity contribution is 5.87. The standard InChI is InChI=1S/C14H12F2O2/c1-5-14(4,18-13(17)9(2)3)11-8-10(15)6-7-12(11)16/h1,6-8H,2H2,3-4H3. The second kappa shape index (κ2) is 5.01. The lowest BCUT2D eigenvalue weighted by molar-refractivity contribution is -0.149. The molecule has 1 aromatic rings. The predicted molar refractivity (Wildman–Crippen MR) is 63.4 cm³/mol. The molecule has 0 radical (unpaired) electrons. The molecule has 0 amide bonds. The maximum Gasteiger partial charge on any atom is 0.334 e. The predicted octanol–water partition coefficient (Wildman–Crippen LogP) is 2.93. The summed E-state index contributed by atoms with van der Waals surface area (Å²) in [5, 5.41) is 0. The first-order valence-electron chi connectivity index (χ1n) is 5.12. The molecule has 0 saturated carbocycles. The fourth-order valence-corrected chi connectivity index (χ4v) is 1.30. The van der Waals surface area contributed by atoms with Crippen LogP contribution in [0.15, 0.2) is 30.4 Å². The van der Waals surface area contributed by atoms with Crippen molar-refractivity contribution >= 4 is 5.97 Å². The van der Waals surface area contributed by atoms with Gasteiger partial charge in [-0.25, -0.2) is 13.6 Å². The molecule has 0 aliphatic carbocycles. The van der Waals surface area contributed by atoms with Crippen molar-refractivity contribution < 1.29 is 18.3 Å². The van der Waals surface area contributed by atoms with E-state index in [2.05, 4.69) is 12.5 Å². The zero-order valence-electron chi connectivity index (χ0n) is 10.1. The molecule has 1 atom stereocenters. The van der Waals surface area contributed by atoms with Crippen molar-refractivity contribution in [3.05, 3.63) is 47.5 Å². The van der Waals surface area contributed by atoms with Crippen molar-refractivity contribution in [2.24, 2.45) is 0 Å². The summed E-state index contributed by atoms with van der Waals surface area (Å²) in [5.74, 6) is -0.0184. The summed E-state index contributed by atoms with van der Waals surface area (Å²) in [6, 6.07) is 2.78. The monoisotopic (exact) mass is 250 g/mol. The van der Waals surface area contributed by atoms with E-state index < -0.39 is 23.2 Å². The first-order valence-corrected chi connectivity index (χ1v) is 5.12. The molecule has 0 bridgehead atoms. The van der Waals surface area contributed by atoms with E-state index in [4.69, 9.17) is 11.2 Å². The van der Waals surface area contributed by atoms with Crippen LogP contribution in [0.3, 0.4) is 0 Å². The first kappa shape index (κ1) is 13.9. The zero-order chi connectivity index (χ0) is 13.9. The molecule has 4 heteroatoms. The van der Waals surface area contributed by atoms with E-state index >= 15 is 0 Å². The molecule has 1 rings (SSSR count). The van der Waals surface area contributed by atoms with Gasteiger partial charge < -0.3 is 4.74 Å². The summed E-state index contributed by atoms with van der Waals surface area (Å²) in [6.07, 6.45) is 5.26. The van der Waals surface area contributed by atoms with E-state index in [-0.39, 0.29) is 11.1 Å². The van der Waals surface area contributed by atoms with Gasteiger partial charge in [-0.2, -0.15) is 0 Å². The molecule has 0 heterocycles. The Kier molecular flexibility index (Phi) is 3.87. The van der Waals surface area contributed by atoms with Gasteiger partial charge in [0.15, 0.2) is 5.60 Å². The van der Waals surface area contributed by atoms with E-state index in [1.54, 1.807) is 0 Å². The van der Waals surface area contributed by atoms with Gasteiger partial charge in [-0.3, -0.25) is 0 Å². The second-order valence-corrected chi connectivity index (χ2v) is 3.97. The van der Waals surface area contributed by atoms with Gasteiger partial charge in [-0.1, -0.05) is 12.5 Å². The molecule has 0 fully saturated rings. The number of hydrogen-bond donors (Lipinski definition) is 0. The smallest absolute Gasteiger partial charge is 0.334 e. The van der Waals surface area contributed by atoms with Crippen molar-refractivity contribution in [3.63, 3.8) is 0 Å². The summed E-state index contributed by atoms with van der Waals surface area (Å²) in [4.78, 5) is 11.5. The van der Waals surface area contributed by atoms with E-state index in [1.165, 1.54) is 13.8 Å². The number of benzene rings is 1. The third-order valence-electron chi connectivity index (χ3n) is 2.36. The number of carbonyl (C=O) groups excluding carboxylic acids is 1. The fourth-order valence-electron chi connectivity index (χ4n) is 1.30. The van der Waals surface area contributed by atoms with Crippen LogP contribution in [-0.2, 0) is 15.1 Å². The van der Waals surface area contributed by atoms with Crippen molar-refractivity contribution in [1.29, 1.82) is 0 Å². The van der Waals surface area contributed by atoms with Crippen molar-refractivity contribution in [1.82, 2.24) is 0 Å². The maximum atomic E-state index is 13.6. The Bertz CT molecular complexity index is 543. The first-order chi connectivity index (χ1) is 8.30. The minimum Gasteiger partial charge on any atom is -0.438 e. The van der Waals surface area contributed by atoms with E-state index in [1.807, 2.05) is 0 Å². The fraction of sp³-hybridized carbons (Fsp3) is 0.214. The van der Waals surface area contributed by atoms with Gasteiger partial charge in [0.1, 0.15) is 11.6 Å². The number of terminal acetylenes is 1. The van der Waals surface area contributed by atoms with Crippen molar-refractivity contribution in [2.45, 2.75) is 19.4 Å². The largest absolute Gasteiger partial charge is 0.438 e. The molecule has 1 aromatic carbocycles. The number of carbonyl (C=O) groups is 1. The third-order valence-corrected chi connectivity index (χ3v) is 2.36. The lowest BCUT2D eigenvalue weighted by Crippen LogP contribution is -2.29. The lowest BCUT2D eigenvalue weighted by atomic mass is 9.95. The Hall–Kier alpha value is -2.15. The summed E-state index contributed by atoms with van der Waals surface area (Å²) in [7, 11) is 0. The van der Waals surface area contributed by atoms with E-state index in [0.717, 1.165) is 18.2 Å². The van der Waals surface area contributed by atoms with Crippen LogP contribution in [-0.4, -0.2) is 5.97 Å². The van der Waals surface area contributed by atoms with Gasteiger partial charge in [0.25, 0.3) is 0 Å². The molecule has 0 aliphatic heterocycles. The zero-order valence-corrected chi connectivity index (χ0v) is 10.1. The molecule has 0 N–H and O–H groups in total. The Morgan fingerprint density at radius 2 is 2.11 bits per heavy atom.